The first-order chi connectivity index (χ1) is 13.5. The van der Waals surface area contributed by atoms with E-state index in [0.717, 1.165) is 43.6 Å². The molecule has 154 valence electrons. The zero-order chi connectivity index (χ0) is 19.1. The van der Waals surface area contributed by atoms with Gasteiger partial charge in [-0.25, -0.2) is 0 Å². The number of carbonyl (C=O) groups is 1. The van der Waals surface area contributed by atoms with Crippen LogP contribution in [0.4, 0.5) is 0 Å². The molecule has 0 radical (unpaired) electrons. The molecule has 0 aromatic carbocycles. The van der Waals surface area contributed by atoms with Gasteiger partial charge in [-0.2, -0.15) is 0 Å². The normalized spacial score (nSPS) is 54.9. The third kappa shape index (κ3) is 2.44. The highest BCUT2D eigenvalue weighted by atomic mass is 16.7. The summed E-state index contributed by atoms with van der Waals surface area (Å²) in [6, 6.07) is 0. The Balaban J connectivity index is 1.22. The van der Waals surface area contributed by atoms with Crippen molar-refractivity contribution in [3.05, 3.63) is 11.6 Å². The van der Waals surface area contributed by atoms with Gasteiger partial charge in [0.15, 0.2) is 6.29 Å². The quantitative estimate of drug-likeness (QED) is 0.607. The van der Waals surface area contributed by atoms with Gasteiger partial charge in [0.1, 0.15) is 5.78 Å². The van der Waals surface area contributed by atoms with Crippen LogP contribution in [0.2, 0.25) is 0 Å². The van der Waals surface area contributed by atoms with Crippen LogP contribution in [-0.4, -0.2) is 24.8 Å². The van der Waals surface area contributed by atoms with Crippen LogP contribution in [-0.2, 0) is 14.3 Å². The van der Waals surface area contributed by atoms with Crippen LogP contribution in [0.25, 0.3) is 0 Å². The Morgan fingerprint density at radius 3 is 2.75 bits per heavy atom. The molecular formula is C25H36O3. The number of hydrogen-bond donors (Lipinski definition) is 0. The molecule has 3 nitrogen and oxygen atoms in total. The van der Waals surface area contributed by atoms with E-state index in [1.807, 2.05) is 0 Å². The second kappa shape index (κ2) is 6.17. The van der Waals surface area contributed by atoms with Crippen LogP contribution in [0.5, 0.6) is 0 Å². The second-order valence-corrected chi connectivity index (χ2v) is 11.3. The summed E-state index contributed by atoms with van der Waals surface area (Å²) in [7, 11) is 0. The summed E-state index contributed by atoms with van der Waals surface area (Å²) < 4.78 is 12.2. The number of Topliss-reactive ketones (excluding diaryl/α,β-unsaturated/α-hetero) is 1. The third-order valence-corrected chi connectivity index (χ3v) is 9.99. The fraction of sp³-hybridized carbons (Fsp3) is 0.880. The molecule has 1 heterocycles. The lowest BCUT2D eigenvalue weighted by atomic mass is 9.47. The maximum Gasteiger partial charge on any atom is 0.157 e. The van der Waals surface area contributed by atoms with Gasteiger partial charge in [-0.3, -0.25) is 4.79 Å². The molecule has 1 aliphatic heterocycles. The number of ether oxygens (including phenoxy) is 2. The first-order valence-corrected chi connectivity index (χ1v) is 12.0. The Morgan fingerprint density at radius 1 is 1.07 bits per heavy atom. The molecule has 0 N–H and O–H groups in total. The van der Waals surface area contributed by atoms with Crippen molar-refractivity contribution in [3.63, 3.8) is 0 Å². The molecule has 4 saturated carbocycles. The molecule has 28 heavy (non-hydrogen) atoms. The van der Waals surface area contributed by atoms with Gasteiger partial charge < -0.3 is 9.47 Å². The summed E-state index contributed by atoms with van der Waals surface area (Å²) in [5.41, 5.74) is 2.02. The molecule has 1 unspecified atom stereocenters. The van der Waals surface area contributed by atoms with Gasteiger partial charge in [-0.15, -0.1) is 0 Å². The van der Waals surface area contributed by atoms with Crippen LogP contribution in [0.3, 0.4) is 0 Å². The van der Waals surface area contributed by atoms with Gasteiger partial charge in [-0.05, 0) is 93.3 Å². The maximum atomic E-state index is 12.9. The highest BCUT2D eigenvalue weighted by Crippen LogP contribution is 2.71. The zero-order valence-corrected chi connectivity index (χ0v) is 17.6. The molecule has 1 saturated heterocycles. The monoisotopic (exact) mass is 384 g/mol. The lowest BCUT2D eigenvalue weighted by molar-refractivity contribution is -0.195. The summed E-state index contributed by atoms with van der Waals surface area (Å²) >= 11 is 0. The molecule has 5 aliphatic carbocycles. The molecule has 6 rings (SSSR count). The van der Waals surface area contributed by atoms with Crippen molar-refractivity contribution in [2.75, 3.05) is 6.61 Å². The Labute approximate surface area is 169 Å². The fourth-order valence-electron chi connectivity index (χ4n) is 8.44. The molecule has 0 bridgehead atoms. The van der Waals surface area contributed by atoms with Crippen molar-refractivity contribution in [1.29, 1.82) is 0 Å². The summed E-state index contributed by atoms with van der Waals surface area (Å²) in [4.78, 5) is 12.9. The minimum Gasteiger partial charge on any atom is -0.353 e. The summed E-state index contributed by atoms with van der Waals surface area (Å²) in [5.74, 6) is 3.99. The van der Waals surface area contributed by atoms with E-state index in [1.54, 1.807) is 5.57 Å². The molecular weight excluding hydrogens is 348 g/mol. The van der Waals surface area contributed by atoms with E-state index in [9.17, 15) is 4.79 Å². The highest BCUT2D eigenvalue weighted by molar-refractivity contribution is 5.92. The average molecular weight is 385 g/mol. The van der Waals surface area contributed by atoms with Gasteiger partial charge >= 0.3 is 0 Å². The lowest BCUT2D eigenvalue weighted by Crippen LogP contribution is -2.52. The van der Waals surface area contributed by atoms with Crippen LogP contribution < -0.4 is 0 Å². The first kappa shape index (κ1) is 18.1. The Hall–Kier alpha value is -0.670. The SMILES string of the molecule is C[C@]12CC[C@H](OC3CCCCO3)CC1=CC[C@H]1[C@@H]3[C@@H]4C[C@@H]4C(=O)[C@@]3(C)CC[C@@H]12. The Kier molecular flexibility index (Phi) is 3.99. The maximum absolute atomic E-state index is 12.9. The molecule has 0 aromatic heterocycles. The summed E-state index contributed by atoms with van der Waals surface area (Å²) in [6.45, 7) is 5.73. The highest BCUT2D eigenvalue weighted by Gasteiger charge is 2.70. The number of fused-ring (bicyclic) bond motifs is 7. The topological polar surface area (TPSA) is 35.5 Å². The number of ketones is 1. The van der Waals surface area contributed by atoms with Crippen molar-refractivity contribution in [2.24, 2.45) is 40.4 Å². The number of rotatable bonds is 2. The van der Waals surface area contributed by atoms with Gasteiger partial charge in [-0.1, -0.05) is 25.5 Å². The average Bonchev–Trinajstić information content (AvgIpc) is 3.44. The van der Waals surface area contributed by atoms with Gasteiger partial charge in [0, 0.05) is 17.9 Å². The number of allylic oxidation sites excluding steroid dienone is 1. The van der Waals surface area contributed by atoms with Crippen LogP contribution in [0.1, 0.15) is 78.1 Å². The number of hydrogen-bond acceptors (Lipinski definition) is 3. The molecule has 9 atom stereocenters. The molecule has 5 fully saturated rings. The minimum atomic E-state index is 0.00902. The first-order valence-electron chi connectivity index (χ1n) is 12.0. The van der Waals surface area contributed by atoms with E-state index < -0.39 is 0 Å². The van der Waals surface area contributed by atoms with Crippen molar-refractivity contribution in [3.8, 4) is 0 Å². The Bertz CT molecular complexity index is 707. The second-order valence-electron chi connectivity index (χ2n) is 11.3. The Morgan fingerprint density at radius 2 is 1.93 bits per heavy atom. The smallest absolute Gasteiger partial charge is 0.157 e. The minimum absolute atomic E-state index is 0.00902. The third-order valence-electron chi connectivity index (χ3n) is 9.99. The van der Waals surface area contributed by atoms with Crippen molar-refractivity contribution >= 4 is 5.78 Å². The fourth-order valence-corrected chi connectivity index (χ4v) is 8.44. The van der Waals surface area contributed by atoms with E-state index in [4.69, 9.17) is 9.47 Å². The van der Waals surface area contributed by atoms with Crippen LogP contribution in [0, 0.1) is 40.4 Å². The zero-order valence-electron chi connectivity index (χ0n) is 17.6. The van der Waals surface area contributed by atoms with E-state index in [2.05, 4.69) is 19.9 Å². The number of carbonyl (C=O) groups excluding carboxylic acids is 1. The molecule has 3 heteroatoms. The largest absolute Gasteiger partial charge is 0.353 e. The van der Waals surface area contributed by atoms with Gasteiger partial charge in [0.25, 0.3) is 0 Å². The van der Waals surface area contributed by atoms with Crippen LogP contribution in [0.15, 0.2) is 11.6 Å². The van der Waals surface area contributed by atoms with E-state index in [-0.39, 0.29) is 11.7 Å². The van der Waals surface area contributed by atoms with E-state index in [0.29, 0.717) is 29.1 Å². The molecule has 6 aliphatic rings. The van der Waals surface area contributed by atoms with Gasteiger partial charge in [0.05, 0.1) is 6.10 Å². The summed E-state index contributed by atoms with van der Waals surface area (Å²) in [6.07, 6.45) is 14.8. The standard InChI is InChI=1S/C25H36O3/c1-24-10-8-16(28-21-5-3-4-12-27-21)13-15(24)6-7-17-20(24)9-11-25(2)22(17)18-14-19(18)23(25)26/h6,16-22H,3-5,7-14H2,1-2H3/t16-,17+,18+,19-,20-,21?,22+,24-,25-/m0/s1. The predicted octanol–water partition coefficient (Wildman–Crippen LogP) is 5.29. The van der Waals surface area contributed by atoms with Gasteiger partial charge in [0.2, 0.25) is 0 Å². The van der Waals surface area contributed by atoms with Crippen molar-refractivity contribution in [1.82, 2.24) is 0 Å². The van der Waals surface area contributed by atoms with Crippen molar-refractivity contribution in [2.45, 2.75) is 90.4 Å². The predicted molar refractivity (Wildman–Crippen MR) is 108 cm³/mol. The molecule has 0 aromatic rings. The molecule has 0 spiro atoms. The summed E-state index contributed by atoms with van der Waals surface area (Å²) in [5, 5.41) is 0. The van der Waals surface area contributed by atoms with Crippen LogP contribution >= 0.6 is 0 Å². The molecule has 0 amide bonds. The lowest BCUT2D eigenvalue weighted by Gasteiger charge is -2.57. The van der Waals surface area contributed by atoms with E-state index >= 15 is 0 Å². The van der Waals surface area contributed by atoms with E-state index in [1.165, 1.54) is 44.9 Å². The van der Waals surface area contributed by atoms with Crippen molar-refractivity contribution < 1.29 is 14.3 Å².